The molecular formula is C16H14F3NO3. The van der Waals surface area contributed by atoms with Gasteiger partial charge in [-0.15, -0.1) is 13.2 Å². The molecule has 7 heteroatoms. The van der Waals surface area contributed by atoms with E-state index < -0.39 is 18.0 Å². The van der Waals surface area contributed by atoms with Crippen molar-refractivity contribution >= 4 is 11.6 Å². The van der Waals surface area contributed by atoms with Crippen molar-refractivity contribution in [3.05, 3.63) is 53.6 Å². The summed E-state index contributed by atoms with van der Waals surface area (Å²) in [7, 11) is 1.47. The van der Waals surface area contributed by atoms with Crippen LogP contribution in [0.2, 0.25) is 0 Å². The number of rotatable bonds is 4. The van der Waals surface area contributed by atoms with Gasteiger partial charge in [-0.1, -0.05) is 18.2 Å². The second kappa shape index (κ2) is 6.60. The fraction of sp³-hybridized carbons (Fsp3) is 0.188. The number of hydrogen-bond acceptors (Lipinski definition) is 3. The van der Waals surface area contributed by atoms with E-state index in [1.165, 1.54) is 31.4 Å². The number of amides is 1. The Morgan fingerprint density at radius 2 is 1.78 bits per heavy atom. The number of halogens is 3. The van der Waals surface area contributed by atoms with Crippen LogP contribution in [-0.4, -0.2) is 19.4 Å². The van der Waals surface area contributed by atoms with E-state index in [1.807, 2.05) is 6.92 Å². The fourth-order valence-electron chi connectivity index (χ4n) is 1.94. The number of methoxy groups -OCH3 is 1. The minimum absolute atomic E-state index is 0.0747. The molecule has 1 N–H and O–H groups in total. The summed E-state index contributed by atoms with van der Waals surface area (Å²) in [5.74, 6) is -0.536. The zero-order valence-electron chi connectivity index (χ0n) is 12.4. The highest BCUT2D eigenvalue weighted by Crippen LogP contribution is 2.30. The van der Waals surface area contributed by atoms with Crippen LogP contribution in [0, 0.1) is 6.92 Å². The number of benzene rings is 2. The first-order valence-electron chi connectivity index (χ1n) is 6.61. The summed E-state index contributed by atoms with van der Waals surface area (Å²) in [5, 5.41) is 2.40. The molecule has 0 aliphatic carbocycles. The van der Waals surface area contributed by atoms with Crippen LogP contribution in [0.3, 0.4) is 0 Å². The zero-order valence-corrected chi connectivity index (χ0v) is 12.4. The van der Waals surface area contributed by atoms with E-state index in [1.54, 1.807) is 12.1 Å². The highest BCUT2D eigenvalue weighted by Gasteiger charge is 2.32. The zero-order chi connectivity index (χ0) is 17.0. The predicted octanol–water partition coefficient (Wildman–Crippen LogP) is 4.15. The molecule has 0 aliphatic rings. The summed E-state index contributed by atoms with van der Waals surface area (Å²) >= 11 is 0. The van der Waals surface area contributed by atoms with Gasteiger partial charge < -0.3 is 14.8 Å². The van der Waals surface area contributed by atoms with E-state index >= 15 is 0 Å². The number of hydrogen-bond donors (Lipinski definition) is 1. The second-order valence-corrected chi connectivity index (χ2v) is 4.68. The van der Waals surface area contributed by atoms with E-state index in [0.717, 1.165) is 11.6 Å². The van der Waals surface area contributed by atoms with Gasteiger partial charge in [-0.3, -0.25) is 4.79 Å². The third-order valence-corrected chi connectivity index (χ3v) is 3.03. The van der Waals surface area contributed by atoms with Gasteiger partial charge in [-0.2, -0.15) is 0 Å². The molecule has 2 rings (SSSR count). The van der Waals surface area contributed by atoms with Gasteiger partial charge in [0.25, 0.3) is 5.91 Å². The van der Waals surface area contributed by atoms with Crippen molar-refractivity contribution in [2.75, 3.05) is 12.4 Å². The van der Waals surface area contributed by atoms with Crippen molar-refractivity contribution in [3.8, 4) is 11.5 Å². The van der Waals surface area contributed by atoms with Gasteiger partial charge in [-0.25, -0.2) is 0 Å². The molecule has 0 saturated heterocycles. The molecule has 23 heavy (non-hydrogen) atoms. The number of aryl methyl sites for hydroxylation is 1. The molecule has 0 aliphatic heterocycles. The van der Waals surface area contributed by atoms with E-state index in [2.05, 4.69) is 10.1 Å². The van der Waals surface area contributed by atoms with Crippen LogP contribution in [0.15, 0.2) is 42.5 Å². The Morgan fingerprint density at radius 1 is 1.09 bits per heavy atom. The standard InChI is InChI=1S/C16H14F3NO3/c1-10-7-8-11(9-14(10)22-2)15(21)20-12-5-3-4-6-13(12)23-16(17,18)19/h3-9H,1-2H3,(H,20,21). The van der Waals surface area contributed by atoms with Gasteiger partial charge in [0.15, 0.2) is 5.75 Å². The third-order valence-electron chi connectivity index (χ3n) is 3.03. The van der Waals surface area contributed by atoms with Crippen LogP contribution in [0.4, 0.5) is 18.9 Å². The van der Waals surface area contributed by atoms with Gasteiger partial charge in [0.2, 0.25) is 0 Å². The monoisotopic (exact) mass is 325 g/mol. The highest BCUT2D eigenvalue weighted by molar-refractivity contribution is 6.05. The molecule has 0 atom stereocenters. The highest BCUT2D eigenvalue weighted by atomic mass is 19.4. The first-order valence-corrected chi connectivity index (χ1v) is 6.61. The lowest BCUT2D eigenvalue weighted by Gasteiger charge is -2.14. The lowest BCUT2D eigenvalue weighted by Crippen LogP contribution is -2.19. The number of alkyl halides is 3. The topological polar surface area (TPSA) is 47.6 Å². The average Bonchev–Trinajstić information content (AvgIpc) is 2.48. The maximum Gasteiger partial charge on any atom is 0.573 e. The van der Waals surface area contributed by atoms with Gasteiger partial charge >= 0.3 is 6.36 Å². The SMILES string of the molecule is COc1cc(C(=O)Nc2ccccc2OC(F)(F)F)ccc1C. The normalized spacial score (nSPS) is 11.0. The molecule has 0 aromatic heterocycles. The van der Waals surface area contributed by atoms with Crippen molar-refractivity contribution in [2.45, 2.75) is 13.3 Å². The number of para-hydroxylation sites is 2. The smallest absolute Gasteiger partial charge is 0.496 e. The molecule has 2 aromatic rings. The Hall–Kier alpha value is -2.70. The molecule has 0 fully saturated rings. The van der Waals surface area contributed by atoms with Crippen molar-refractivity contribution in [1.29, 1.82) is 0 Å². The first kappa shape index (κ1) is 16.7. The summed E-state index contributed by atoms with van der Waals surface area (Å²) < 4.78 is 46.1. The van der Waals surface area contributed by atoms with Crippen LogP contribution in [0.1, 0.15) is 15.9 Å². The maximum atomic E-state index is 12.4. The molecule has 0 unspecified atom stereocenters. The number of anilines is 1. The summed E-state index contributed by atoms with van der Waals surface area (Å²) in [4.78, 5) is 12.2. The fourth-order valence-corrected chi connectivity index (χ4v) is 1.94. The summed E-state index contributed by atoms with van der Waals surface area (Å²) in [6, 6.07) is 10.1. The predicted molar refractivity (Wildman–Crippen MR) is 78.8 cm³/mol. The number of ether oxygens (including phenoxy) is 2. The minimum Gasteiger partial charge on any atom is -0.496 e. The molecule has 0 bridgehead atoms. The minimum atomic E-state index is -4.84. The Balaban J connectivity index is 2.24. The van der Waals surface area contributed by atoms with E-state index in [4.69, 9.17) is 4.74 Å². The van der Waals surface area contributed by atoms with E-state index in [-0.39, 0.29) is 11.3 Å². The lowest BCUT2D eigenvalue weighted by molar-refractivity contribution is -0.274. The lowest BCUT2D eigenvalue weighted by atomic mass is 10.1. The van der Waals surface area contributed by atoms with Crippen LogP contribution in [-0.2, 0) is 0 Å². The first-order chi connectivity index (χ1) is 10.8. The molecule has 122 valence electrons. The quantitative estimate of drug-likeness (QED) is 0.918. The molecule has 0 spiro atoms. The second-order valence-electron chi connectivity index (χ2n) is 4.68. The van der Waals surface area contributed by atoms with Crippen LogP contribution >= 0.6 is 0 Å². The van der Waals surface area contributed by atoms with Gasteiger partial charge in [0.1, 0.15) is 5.75 Å². The van der Waals surface area contributed by atoms with Gasteiger partial charge in [-0.05, 0) is 36.8 Å². The Labute approximate surface area is 130 Å². The largest absolute Gasteiger partial charge is 0.573 e. The summed E-state index contributed by atoms with van der Waals surface area (Å²) in [6.45, 7) is 1.81. The van der Waals surface area contributed by atoms with Crippen LogP contribution < -0.4 is 14.8 Å². The van der Waals surface area contributed by atoms with Crippen molar-refractivity contribution in [1.82, 2.24) is 0 Å². The Bertz CT molecular complexity index is 714. The van der Waals surface area contributed by atoms with Gasteiger partial charge in [0.05, 0.1) is 12.8 Å². The molecular weight excluding hydrogens is 311 g/mol. The average molecular weight is 325 g/mol. The number of carbonyl (C=O) groups excluding carboxylic acids is 1. The maximum absolute atomic E-state index is 12.4. The third kappa shape index (κ3) is 4.38. The molecule has 0 heterocycles. The number of nitrogens with one attached hydrogen (secondary N) is 1. The van der Waals surface area contributed by atoms with Crippen molar-refractivity contribution in [2.24, 2.45) is 0 Å². The van der Waals surface area contributed by atoms with Crippen LogP contribution in [0.5, 0.6) is 11.5 Å². The van der Waals surface area contributed by atoms with E-state index in [9.17, 15) is 18.0 Å². The van der Waals surface area contributed by atoms with Crippen LogP contribution in [0.25, 0.3) is 0 Å². The molecule has 2 aromatic carbocycles. The molecule has 4 nitrogen and oxygen atoms in total. The summed E-state index contributed by atoms with van der Waals surface area (Å²) in [6.07, 6.45) is -4.84. The van der Waals surface area contributed by atoms with Crippen molar-refractivity contribution in [3.63, 3.8) is 0 Å². The van der Waals surface area contributed by atoms with Crippen molar-refractivity contribution < 1.29 is 27.4 Å². The Kier molecular flexibility index (Phi) is 4.78. The number of carbonyl (C=O) groups is 1. The Morgan fingerprint density at radius 3 is 2.43 bits per heavy atom. The van der Waals surface area contributed by atoms with E-state index in [0.29, 0.717) is 5.75 Å². The molecule has 0 radical (unpaired) electrons. The molecule has 1 amide bonds. The van der Waals surface area contributed by atoms with Gasteiger partial charge in [0, 0.05) is 5.56 Å². The summed E-state index contributed by atoms with van der Waals surface area (Å²) in [5.41, 5.74) is 1.02. The molecule has 0 saturated carbocycles.